The van der Waals surface area contributed by atoms with Gasteiger partial charge in [-0.1, -0.05) is 0 Å². The van der Waals surface area contributed by atoms with Crippen molar-refractivity contribution in [3.8, 4) is 0 Å². The first-order chi connectivity index (χ1) is 7.16. The Kier molecular flexibility index (Phi) is 2.95. The summed E-state index contributed by atoms with van der Waals surface area (Å²) in [4.78, 5) is 11.6. The molecule has 0 radical (unpaired) electrons. The lowest BCUT2D eigenvalue weighted by molar-refractivity contribution is 0.0485. The summed E-state index contributed by atoms with van der Waals surface area (Å²) in [7, 11) is 0. The van der Waals surface area contributed by atoms with Gasteiger partial charge in [0.05, 0.1) is 12.2 Å². The molecule has 0 unspecified atom stereocenters. The summed E-state index contributed by atoms with van der Waals surface area (Å²) in [6.07, 6.45) is 2.34. The number of carbonyl (C=O) groups excluding carboxylic acids is 1. The molecule has 1 aliphatic rings. The van der Waals surface area contributed by atoms with E-state index >= 15 is 0 Å². The lowest BCUT2D eigenvalue weighted by atomic mass is 10.2. The normalized spacial score (nSPS) is 15.0. The number of esters is 1. The summed E-state index contributed by atoms with van der Waals surface area (Å²) in [5, 5.41) is 0. The quantitative estimate of drug-likeness (QED) is 0.678. The van der Waals surface area contributed by atoms with Gasteiger partial charge in [0.2, 0.25) is 0 Å². The maximum Gasteiger partial charge on any atom is 0.339 e. The van der Waals surface area contributed by atoms with E-state index in [0.717, 1.165) is 4.47 Å². The SMILES string of the molecule is Nc1ccc(Br)c(C(=O)OCC2CC2)c1. The second-order valence-corrected chi connectivity index (χ2v) is 4.64. The van der Waals surface area contributed by atoms with Gasteiger partial charge in [-0.15, -0.1) is 0 Å². The number of nitrogen functional groups attached to an aromatic ring is 1. The van der Waals surface area contributed by atoms with Crippen LogP contribution >= 0.6 is 15.9 Å². The van der Waals surface area contributed by atoms with E-state index in [2.05, 4.69) is 15.9 Å². The van der Waals surface area contributed by atoms with E-state index in [-0.39, 0.29) is 5.97 Å². The summed E-state index contributed by atoms with van der Waals surface area (Å²) >= 11 is 3.30. The van der Waals surface area contributed by atoms with Crippen LogP contribution in [0.25, 0.3) is 0 Å². The number of rotatable bonds is 3. The van der Waals surface area contributed by atoms with Crippen LogP contribution in [-0.2, 0) is 4.74 Å². The molecule has 0 bridgehead atoms. The summed E-state index contributed by atoms with van der Waals surface area (Å²) in [5.41, 5.74) is 6.67. The third kappa shape index (κ3) is 2.72. The van der Waals surface area contributed by atoms with Crippen LogP contribution < -0.4 is 5.73 Å². The molecule has 80 valence electrons. The number of hydrogen-bond donors (Lipinski definition) is 1. The molecule has 1 fully saturated rings. The smallest absolute Gasteiger partial charge is 0.339 e. The van der Waals surface area contributed by atoms with Gasteiger partial charge in [-0.25, -0.2) is 4.79 Å². The van der Waals surface area contributed by atoms with Gasteiger partial charge in [-0.2, -0.15) is 0 Å². The Bertz CT molecular complexity index is 388. The second kappa shape index (κ2) is 4.23. The number of ether oxygens (including phenoxy) is 1. The predicted molar refractivity (Wildman–Crippen MR) is 61.6 cm³/mol. The van der Waals surface area contributed by atoms with Crippen LogP contribution in [0.3, 0.4) is 0 Å². The van der Waals surface area contributed by atoms with Gasteiger partial charge in [0, 0.05) is 10.2 Å². The van der Waals surface area contributed by atoms with Crippen molar-refractivity contribution in [3.63, 3.8) is 0 Å². The number of nitrogens with two attached hydrogens (primary N) is 1. The van der Waals surface area contributed by atoms with Crippen LogP contribution in [0.5, 0.6) is 0 Å². The fourth-order valence-electron chi connectivity index (χ4n) is 1.26. The van der Waals surface area contributed by atoms with Gasteiger partial charge in [-0.05, 0) is 52.9 Å². The average Bonchev–Trinajstić information content (AvgIpc) is 3.02. The Balaban J connectivity index is 2.05. The topological polar surface area (TPSA) is 52.3 Å². The van der Waals surface area contributed by atoms with E-state index in [1.807, 2.05) is 0 Å². The highest BCUT2D eigenvalue weighted by Gasteiger charge is 2.23. The van der Waals surface area contributed by atoms with E-state index < -0.39 is 0 Å². The summed E-state index contributed by atoms with van der Waals surface area (Å²) in [5.74, 6) is 0.273. The van der Waals surface area contributed by atoms with Gasteiger partial charge >= 0.3 is 5.97 Å². The highest BCUT2D eigenvalue weighted by Crippen LogP contribution is 2.29. The molecule has 0 saturated heterocycles. The van der Waals surface area contributed by atoms with Crippen molar-refractivity contribution in [2.75, 3.05) is 12.3 Å². The molecule has 0 atom stereocenters. The van der Waals surface area contributed by atoms with E-state index in [0.29, 0.717) is 23.8 Å². The fourth-order valence-corrected chi connectivity index (χ4v) is 1.66. The molecule has 4 heteroatoms. The van der Waals surface area contributed by atoms with Gasteiger partial charge in [0.15, 0.2) is 0 Å². The molecule has 1 saturated carbocycles. The molecular weight excluding hydrogens is 258 g/mol. The van der Waals surface area contributed by atoms with E-state index in [1.54, 1.807) is 18.2 Å². The zero-order valence-electron chi connectivity index (χ0n) is 8.20. The standard InChI is InChI=1S/C11H12BrNO2/c12-10-4-3-8(13)5-9(10)11(14)15-6-7-1-2-7/h3-5,7H,1-2,6,13H2. The molecule has 1 aliphatic carbocycles. The summed E-state index contributed by atoms with van der Waals surface area (Å²) in [6, 6.07) is 5.12. The van der Waals surface area contributed by atoms with Gasteiger partial charge in [-0.3, -0.25) is 0 Å². The van der Waals surface area contributed by atoms with E-state index in [1.165, 1.54) is 12.8 Å². The minimum absolute atomic E-state index is 0.305. The predicted octanol–water partition coefficient (Wildman–Crippen LogP) is 2.60. The highest BCUT2D eigenvalue weighted by molar-refractivity contribution is 9.10. The molecule has 0 spiro atoms. The molecule has 2 N–H and O–H groups in total. The largest absolute Gasteiger partial charge is 0.462 e. The molecule has 0 aliphatic heterocycles. The van der Waals surface area contributed by atoms with Gasteiger partial charge in [0.1, 0.15) is 0 Å². The number of halogens is 1. The first-order valence-electron chi connectivity index (χ1n) is 4.89. The number of anilines is 1. The fraction of sp³-hybridized carbons (Fsp3) is 0.364. The highest BCUT2D eigenvalue weighted by atomic mass is 79.9. The summed E-state index contributed by atoms with van der Waals surface area (Å²) in [6.45, 7) is 0.528. The van der Waals surface area contributed by atoms with Gasteiger partial charge in [0.25, 0.3) is 0 Å². The first-order valence-corrected chi connectivity index (χ1v) is 5.68. The molecule has 3 nitrogen and oxygen atoms in total. The third-order valence-electron chi connectivity index (χ3n) is 2.36. The molecular formula is C11H12BrNO2. The van der Waals surface area contributed by atoms with Crippen molar-refractivity contribution in [1.29, 1.82) is 0 Å². The van der Waals surface area contributed by atoms with Crippen molar-refractivity contribution >= 4 is 27.6 Å². The average molecular weight is 270 g/mol. The van der Waals surface area contributed by atoms with Crippen LogP contribution in [0.1, 0.15) is 23.2 Å². The monoisotopic (exact) mass is 269 g/mol. The first kappa shape index (κ1) is 10.5. The molecule has 15 heavy (non-hydrogen) atoms. The minimum atomic E-state index is -0.305. The maximum atomic E-state index is 11.6. The molecule has 1 aromatic carbocycles. The minimum Gasteiger partial charge on any atom is -0.462 e. The van der Waals surface area contributed by atoms with Crippen LogP contribution in [0, 0.1) is 5.92 Å². The number of carbonyl (C=O) groups is 1. The second-order valence-electron chi connectivity index (χ2n) is 3.78. The van der Waals surface area contributed by atoms with Crippen molar-refractivity contribution in [3.05, 3.63) is 28.2 Å². The Morgan fingerprint density at radius 3 is 2.93 bits per heavy atom. The van der Waals surface area contributed by atoms with Crippen molar-refractivity contribution in [2.24, 2.45) is 5.92 Å². The molecule has 1 aromatic rings. The van der Waals surface area contributed by atoms with Crippen LogP contribution in [-0.4, -0.2) is 12.6 Å². The van der Waals surface area contributed by atoms with Crippen molar-refractivity contribution in [1.82, 2.24) is 0 Å². The van der Waals surface area contributed by atoms with Crippen LogP contribution in [0.15, 0.2) is 22.7 Å². The Morgan fingerprint density at radius 2 is 2.27 bits per heavy atom. The number of benzene rings is 1. The van der Waals surface area contributed by atoms with Crippen LogP contribution in [0.2, 0.25) is 0 Å². The maximum absolute atomic E-state index is 11.6. The Hall–Kier alpha value is -1.03. The van der Waals surface area contributed by atoms with Crippen LogP contribution in [0.4, 0.5) is 5.69 Å². The van der Waals surface area contributed by atoms with Gasteiger partial charge < -0.3 is 10.5 Å². The Labute approximate surface area is 96.7 Å². The number of hydrogen-bond acceptors (Lipinski definition) is 3. The van der Waals surface area contributed by atoms with Crippen molar-refractivity contribution < 1.29 is 9.53 Å². The zero-order chi connectivity index (χ0) is 10.8. The summed E-state index contributed by atoms with van der Waals surface area (Å²) < 4.78 is 5.88. The molecule has 2 rings (SSSR count). The third-order valence-corrected chi connectivity index (χ3v) is 3.05. The van der Waals surface area contributed by atoms with E-state index in [9.17, 15) is 4.79 Å². The molecule has 0 aromatic heterocycles. The lowest BCUT2D eigenvalue weighted by Crippen LogP contribution is -2.08. The lowest BCUT2D eigenvalue weighted by Gasteiger charge is -2.06. The molecule has 0 amide bonds. The molecule has 0 heterocycles. The van der Waals surface area contributed by atoms with E-state index in [4.69, 9.17) is 10.5 Å². The zero-order valence-corrected chi connectivity index (χ0v) is 9.79. The van der Waals surface area contributed by atoms with Crippen molar-refractivity contribution in [2.45, 2.75) is 12.8 Å². The Morgan fingerprint density at radius 1 is 1.53 bits per heavy atom.